The first-order valence-corrected chi connectivity index (χ1v) is 23.7. The van der Waals surface area contributed by atoms with Crippen LogP contribution in [0.4, 0.5) is 5.13 Å². The van der Waals surface area contributed by atoms with Gasteiger partial charge in [0, 0.05) is 22.9 Å². The Morgan fingerprint density at radius 1 is 0.908 bits per heavy atom. The second-order valence-electron chi connectivity index (χ2n) is 15.2. The van der Waals surface area contributed by atoms with E-state index in [2.05, 4.69) is 61.8 Å². The van der Waals surface area contributed by atoms with Crippen LogP contribution in [0.2, 0.25) is 0 Å². The number of nitrogens with one attached hydrogen (secondary N) is 2. The van der Waals surface area contributed by atoms with Crippen LogP contribution in [-0.4, -0.2) is 80.1 Å². The smallest absolute Gasteiger partial charge is 0.355 e. The number of carbonyl (C=O) groups excluding carboxylic acids is 3. The largest absolute Gasteiger partial charge is 0.497 e. The van der Waals surface area contributed by atoms with Crippen molar-refractivity contribution in [2.45, 2.75) is 49.1 Å². The molecule has 6 aromatic rings. The molecule has 0 saturated carbocycles. The Kier molecular flexibility index (Phi) is 13.4. The first-order chi connectivity index (χ1) is 31.9. The number of hydrogen-bond donors (Lipinski definition) is 2. The van der Waals surface area contributed by atoms with Crippen LogP contribution < -0.4 is 15.4 Å². The Balaban J connectivity index is 0.995. The van der Waals surface area contributed by atoms with Crippen LogP contribution in [0.1, 0.15) is 52.9 Å². The van der Waals surface area contributed by atoms with Crippen molar-refractivity contribution < 1.29 is 33.4 Å². The predicted molar refractivity (Wildman–Crippen MR) is 250 cm³/mol. The molecule has 2 amide bonds. The van der Waals surface area contributed by atoms with Crippen molar-refractivity contribution in [2.75, 3.05) is 24.8 Å². The van der Waals surface area contributed by atoms with E-state index in [1.165, 1.54) is 39.5 Å². The number of amides is 2. The highest BCUT2D eigenvalue weighted by Crippen LogP contribution is 2.43. The second kappa shape index (κ2) is 20.0. The highest BCUT2D eigenvalue weighted by molar-refractivity contribution is 8.00. The number of nitrogens with zero attached hydrogens (tertiary/aromatic N) is 5. The van der Waals surface area contributed by atoms with Crippen LogP contribution in [0.25, 0.3) is 6.08 Å². The van der Waals surface area contributed by atoms with E-state index >= 15 is 0 Å². The molecule has 2 unspecified atom stereocenters. The Bertz CT molecular complexity index is 2590. The summed E-state index contributed by atoms with van der Waals surface area (Å²) in [5.74, 6) is -0.821. The molecule has 0 spiro atoms. The maximum atomic E-state index is 14.5. The van der Waals surface area contributed by atoms with Crippen molar-refractivity contribution in [1.29, 1.82) is 0 Å². The number of hydrogen-bond acceptors (Lipinski definition) is 15. The molecule has 65 heavy (non-hydrogen) atoms. The third kappa shape index (κ3) is 9.45. The number of oxime groups is 1. The number of benzene rings is 4. The van der Waals surface area contributed by atoms with Crippen molar-refractivity contribution in [3.05, 3.63) is 177 Å². The monoisotopic (exact) mass is 925 g/mol. The number of aromatic nitrogens is 3. The number of rotatable bonds is 16. The molecule has 4 aromatic carbocycles. The van der Waals surface area contributed by atoms with Gasteiger partial charge in [-0.1, -0.05) is 119 Å². The van der Waals surface area contributed by atoms with Crippen LogP contribution in [-0.2, 0) is 40.8 Å². The molecule has 3 aliphatic heterocycles. The molecule has 17 heteroatoms. The molecule has 2 aromatic heterocycles. The quantitative estimate of drug-likeness (QED) is 0.0319. The second-order valence-corrected chi connectivity index (χ2v) is 17.7. The van der Waals surface area contributed by atoms with Crippen LogP contribution in [0.3, 0.4) is 0 Å². The number of ether oxygens (including phenoxy) is 3. The summed E-state index contributed by atoms with van der Waals surface area (Å²) in [6.07, 6.45) is 5.21. The van der Waals surface area contributed by atoms with Gasteiger partial charge in [0.05, 0.1) is 19.4 Å². The number of thiazole rings is 1. The molecule has 3 atom stereocenters. The van der Waals surface area contributed by atoms with Crippen molar-refractivity contribution in [2.24, 2.45) is 5.16 Å². The molecule has 0 bridgehead atoms. The van der Waals surface area contributed by atoms with Gasteiger partial charge in [0.2, 0.25) is 6.29 Å². The number of thioether (sulfide) groups is 1. The lowest BCUT2D eigenvalue weighted by Gasteiger charge is -2.49. The fourth-order valence-corrected chi connectivity index (χ4v) is 10.3. The van der Waals surface area contributed by atoms with Gasteiger partial charge in [0.25, 0.3) is 11.8 Å². The summed E-state index contributed by atoms with van der Waals surface area (Å²) in [4.78, 5) is 54.8. The molecule has 0 radical (unpaired) electrons. The molecule has 0 aliphatic carbocycles. The number of fused-ring (bicyclic) bond motifs is 1. The van der Waals surface area contributed by atoms with E-state index in [1.807, 2.05) is 54.6 Å². The molecule has 2 saturated heterocycles. The lowest BCUT2D eigenvalue weighted by Crippen LogP contribution is -2.71. The number of anilines is 1. The van der Waals surface area contributed by atoms with Crippen LogP contribution in [0.5, 0.6) is 5.75 Å². The average Bonchev–Trinajstić information content (AvgIpc) is 4.07. The Hall–Kier alpha value is -6.66. The van der Waals surface area contributed by atoms with E-state index in [1.54, 1.807) is 54.3 Å². The van der Waals surface area contributed by atoms with E-state index in [0.717, 1.165) is 35.1 Å². The van der Waals surface area contributed by atoms with E-state index in [4.69, 9.17) is 24.0 Å². The summed E-state index contributed by atoms with van der Waals surface area (Å²) in [7, 11) is 1.58. The Labute approximate surface area is 387 Å². The third-order valence-electron chi connectivity index (χ3n) is 11.1. The van der Waals surface area contributed by atoms with Gasteiger partial charge in [-0.15, -0.1) is 28.2 Å². The third-order valence-corrected chi connectivity index (χ3v) is 13.7. The van der Waals surface area contributed by atoms with Crippen LogP contribution in [0.15, 0.2) is 149 Å². The lowest BCUT2D eigenvalue weighted by molar-refractivity contribution is -0.162. The zero-order chi connectivity index (χ0) is 44.6. The minimum Gasteiger partial charge on any atom is -0.497 e. The molecule has 3 aliphatic rings. The van der Waals surface area contributed by atoms with Crippen molar-refractivity contribution >= 4 is 69.3 Å². The molecule has 2 N–H and O–H groups in total. The lowest BCUT2D eigenvalue weighted by atomic mass is 9.77. The van der Waals surface area contributed by atoms with Crippen LogP contribution in [0, 0.1) is 0 Å². The number of allylic oxidation sites excluding steroid dienone is 1. The van der Waals surface area contributed by atoms with E-state index < -0.39 is 41.0 Å². The van der Waals surface area contributed by atoms with Crippen molar-refractivity contribution in [3.8, 4) is 5.75 Å². The summed E-state index contributed by atoms with van der Waals surface area (Å²) in [6, 6.07) is 36.5. The Morgan fingerprint density at radius 2 is 1.60 bits per heavy atom. The van der Waals surface area contributed by atoms with Gasteiger partial charge >= 0.3 is 5.97 Å². The molecule has 330 valence electrons. The fourth-order valence-electron chi connectivity index (χ4n) is 7.83. The van der Waals surface area contributed by atoms with E-state index in [9.17, 15) is 14.4 Å². The van der Waals surface area contributed by atoms with Gasteiger partial charge in [-0.25, -0.2) is 9.78 Å². The number of β-lactam (4-membered cyclic amide) rings is 1. The van der Waals surface area contributed by atoms with Gasteiger partial charge in [-0.05, 0) is 70.4 Å². The summed E-state index contributed by atoms with van der Waals surface area (Å²) in [5.41, 5.74) is 4.19. The molecule has 9 rings (SSSR count). The summed E-state index contributed by atoms with van der Waals surface area (Å²) >= 11 is 3.92. The Morgan fingerprint density at radius 3 is 2.22 bits per heavy atom. The number of esters is 1. The summed E-state index contributed by atoms with van der Waals surface area (Å²) in [5, 5.41) is 18.5. The van der Waals surface area contributed by atoms with E-state index in [-0.39, 0.29) is 23.7 Å². The molecule has 5 heterocycles. The van der Waals surface area contributed by atoms with Crippen molar-refractivity contribution in [3.63, 3.8) is 0 Å². The van der Waals surface area contributed by atoms with Gasteiger partial charge in [-0.2, -0.15) is 0 Å². The molecular weight excluding hydrogens is 883 g/mol. The highest BCUT2D eigenvalue weighted by atomic mass is 32.2. The summed E-state index contributed by atoms with van der Waals surface area (Å²) in [6.45, 7) is 0.478. The SMILES string of the molecule is COc1ccc(COC(=O)C2=C(/C=C\c3csnn3)CS[C@@H]3C(NC(=O)/C(=N/OC4CCCCO4)c4csc(NC(c5ccccc5)(c5ccccc5)c5ccccc5)n4)C(=O)N23)cc1. The van der Waals surface area contributed by atoms with Gasteiger partial charge in [-0.3, -0.25) is 14.5 Å². The topological polar surface area (TPSA) is 166 Å². The van der Waals surface area contributed by atoms with Gasteiger partial charge in [0.15, 0.2) is 10.8 Å². The average molecular weight is 926 g/mol. The maximum absolute atomic E-state index is 14.5. The zero-order valence-corrected chi connectivity index (χ0v) is 37.5. The summed E-state index contributed by atoms with van der Waals surface area (Å²) < 4.78 is 20.7. The molecule has 2 fully saturated rings. The van der Waals surface area contributed by atoms with Gasteiger partial charge in [0.1, 0.15) is 40.7 Å². The minimum absolute atomic E-state index is 0.0302. The molecular formula is C48H43N7O7S3. The zero-order valence-electron chi connectivity index (χ0n) is 35.1. The fraction of sp³-hybridized carbons (Fsp3) is 0.229. The first kappa shape index (κ1) is 43.6. The normalized spacial score (nSPS) is 18.7. The molecule has 14 nitrogen and oxygen atoms in total. The van der Waals surface area contributed by atoms with Crippen molar-refractivity contribution in [1.82, 2.24) is 24.8 Å². The first-order valence-electron chi connectivity index (χ1n) is 20.9. The van der Waals surface area contributed by atoms with E-state index in [0.29, 0.717) is 40.9 Å². The number of methoxy groups -OCH3 is 1. The van der Waals surface area contributed by atoms with Crippen LogP contribution >= 0.6 is 34.6 Å². The highest BCUT2D eigenvalue weighted by Gasteiger charge is 2.54. The minimum atomic E-state index is -1.00. The number of carbonyl (C=O) groups is 3. The standard InChI is InChI=1S/C48H43N7O7S3/c1-59-37-24-20-31(21-25-37)27-61-46(58)42-32(22-23-36-29-65-54-52-36)28-63-45-41(44(57)55(42)45)50-43(56)40(53-62-39-19-11-12-26-60-39)38-30-64-47(49-38)51-48(33-13-5-2-6-14-33,34-15-7-3-8-16-34)35-17-9-4-10-18-35/h2-10,13-18,20-25,29-30,39,41,45H,11-12,19,26-28H2,1H3,(H,49,51)(H,50,56)/b23-22-,53-40+/t39?,41?,45-/m1/s1. The van der Waals surface area contributed by atoms with Gasteiger partial charge < -0.3 is 29.7 Å². The maximum Gasteiger partial charge on any atom is 0.355 e. The predicted octanol–water partition coefficient (Wildman–Crippen LogP) is 7.77.